The molecule has 0 spiro atoms. The van der Waals surface area contributed by atoms with E-state index in [2.05, 4.69) is 30.4 Å². The summed E-state index contributed by atoms with van der Waals surface area (Å²) < 4.78 is 6.94. The number of aromatic amines is 1. The molecular formula is C20H21N7O3. The molecule has 154 valence electrons. The number of amides is 1. The SMILES string of the molecule is CCOc1nccc(-c2cc3cnc(NC(=O)c4cnn(CCO)c4C)cc3[nH]2)n1. The van der Waals surface area contributed by atoms with Crippen LogP contribution in [0, 0.1) is 6.92 Å². The van der Waals surface area contributed by atoms with Gasteiger partial charge in [-0.3, -0.25) is 9.48 Å². The van der Waals surface area contributed by atoms with Gasteiger partial charge >= 0.3 is 6.01 Å². The number of rotatable bonds is 7. The number of anilines is 1. The van der Waals surface area contributed by atoms with Gasteiger partial charge in [0.1, 0.15) is 5.82 Å². The number of aromatic nitrogens is 6. The number of nitrogens with one attached hydrogen (secondary N) is 2. The lowest BCUT2D eigenvalue weighted by Crippen LogP contribution is -2.14. The first kappa shape index (κ1) is 19.5. The number of pyridine rings is 1. The van der Waals surface area contributed by atoms with Crippen molar-refractivity contribution >= 4 is 22.6 Å². The molecule has 4 heterocycles. The molecule has 0 atom stereocenters. The normalized spacial score (nSPS) is 11.0. The van der Waals surface area contributed by atoms with E-state index in [1.54, 1.807) is 36.1 Å². The van der Waals surface area contributed by atoms with Gasteiger partial charge in [-0.05, 0) is 26.0 Å². The molecule has 0 aromatic carbocycles. The Balaban J connectivity index is 1.57. The fraction of sp³-hybridized carbons (Fsp3) is 0.250. The third-order valence-electron chi connectivity index (χ3n) is 4.59. The van der Waals surface area contributed by atoms with E-state index in [4.69, 9.17) is 9.84 Å². The number of carbonyl (C=O) groups is 1. The summed E-state index contributed by atoms with van der Waals surface area (Å²) in [6, 6.07) is 5.79. The average Bonchev–Trinajstić information content (AvgIpc) is 3.32. The standard InChI is InChI=1S/C20H21N7O3/c1-3-30-20-21-5-4-15(25-20)17-8-13-10-22-18(9-16(13)24-17)26-19(29)14-11-23-27(6-7-28)12(14)2/h4-5,8-11,24,28H,3,6-7H2,1-2H3,(H,22,26,29). The number of aliphatic hydroxyl groups is 1. The van der Waals surface area contributed by atoms with E-state index in [1.807, 2.05) is 13.0 Å². The Hall–Kier alpha value is -3.79. The number of aliphatic hydroxyl groups excluding tert-OH is 1. The molecule has 0 unspecified atom stereocenters. The number of carbonyl (C=O) groups excluding carboxylic acids is 1. The third kappa shape index (κ3) is 3.85. The maximum absolute atomic E-state index is 12.6. The first-order valence-electron chi connectivity index (χ1n) is 9.48. The van der Waals surface area contributed by atoms with Gasteiger partial charge in [-0.2, -0.15) is 10.1 Å². The molecule has 0 saturated heterocycles. The van der Waals surface area contributed by atoms with E-state index in [0.29, 0.717) is 41.9 Å². The van der Waals surface area contributed by atoms with E-state index < -0.39 is 0 Å². The number of fused-ring (bicyclic) bond motifs is 1. The summed E-state index contributed by atoms with van der Waals surface area (Å²) in [5.74, 6) is 0.0976. The lowest BCUT2D eigenvalue weighted by molar-refractivity contribution is 0.102. The van der Waals surface area contributed by atoms with Crippen LogP contribution in [0.15, 0.2) is 36.8 Å². The van der Waals surface area contributed by atoms with Crippen LogP contribution in [0.3, 0.4) is 0 Å². The van der Waals surface area contributed by atoms with Gasteiger partial charge in [0.15, 0.2) is 0 Å². The largest absolute Gasteiger partial charge is 0.464 e. The number of H-pyrrole nitrogens is 1. The van der Waals surface area contributed by atoms with Gasteiger partial charge in [0.2, 0.25) is 0 Å². The summed E-state index contributed by atoms with van der Waals surface area (Å²) >= 11 is 0. The fourth-order valence-corrected chi connectivity index (χ4v) is 3.09. The smallest absolute Gasteiger partial charge is 0.316 e. The molecule has 0 bridgehead atoms. The Morgan fingerprint density at radius 1 is 1.30 bits per heavy atom. The molecule has 0 aliphatic rings. The van der Waals surface area contributed by atoms with Crippen molar-refractivity contribution < 1.29 is 14.6 Å². The quantitative estimate of drug-likeness (QED) is 0.428. The molecule has 0 aliphatic carbocycles. The molecule has 30 heavy (non-hydrogen) atoms. The van der Waals surface area contributed by atoms with Crippen LogP contribution < -0.4 is 10.1 Å². The summed E-state index contributed by atoms with van der Waals surface area (Å²) in [5.41, 5.74) is 3.40. The third-order valence-corrected chi connectivity index (χ3v) is 4.59. The number of nitrogens with zero attached hydrogens (tertiary/aromatic N) is 5. The highest BCUT2D eigenvalue weighted by Gasteiger charge is 2.15. The van der Waals surface area contributed by atoms with E-state index >= 15 is 0 Å². The predicted molar refractivity (Wildman–Crippen MR) is 110 cm³/mol. The zero-order valence-corrected chi connectivity index (χ0v) is 16.6. The van der Waals surface area contributed by atoms with Gasteiger partial charge in [0, 0.05) is 29.5 Å². The maximum atomic E-state index is 12.6. The highest BCUT2D eigenvalue weighted by Crippen LogP contribution is 2.25. The van der Waals surface area contributed by atoms with Crippen molar-refractivity contribution in [1.82, 2.24) is 29.7 Å². The van der Waals surface area contributed by atoms with Gasteiger partial charge in [0.05, 0.1) is 48.4 Å². The molecule has 0 aliphatic heterocycles. The van der Waals surface area contributed by atoms with Gasteiger partial charge in [-0.1, -0.05) is 0 Å². The van der Waals surface area contributed by atoms with Crippen LogP contribution in [0.4, 0.5) is 5.82 Å². The van der Waals surface area contributed by atoms with Crippen molar-refractivity contribution in [2.24, 2.45) is 0 Å². The summed E-state index contributed by atoms with van der Waals surface area (Å²) in [6.45, 7) is 4.43. The molecule has 10 nitrogen and oxygen atoms in total. The van der Waals surface area contributed by atoms with Crippen LogP contribution in [0.5, 0.6) is 6.01 Å². The molecule has 4 aromatic heterocycles. The number of hydrogen-bond donors (Lipinski definition) is 3. The maximum Gasteiger partial charge on any atom is 0.316 e. The van der Waals surface area contributed by atoms with Crippen LogP contribution in [0.25, 0.3) is 22.3 Å². The lowest BCUT2D eigenvalue weighted by atomic mass is 10.2. The first-order valence-corrected chi connectivity index (χ1v) is 9.48. The highest BCUT2D eigenvalue weighted by molar-refractivity contribution is 6.05. The minimum absolute atomic E-state index is 0.0463. The lowest BCUT2D eigenvalue weighted by Gasteiger charge is -2.05. The Kier molecular flexibility index (Phi) is 5.40. The van der Waals surface area contributed by atoms with Crippen LogP contribution in [-0.2, 0) is 6.54 Å². The molecule has 10 heteroatoms. The van der Waals surface area contributed by atoms with Crippen LogP contribution in [-0.4, -0.2) is 53.9 Å². The van der Waals surface area contributed by atoms with Crippen LogP contribution in [0.2, 0.25) is 0 Å². The monoisotopic (exact) mass is 407 g/mol. The van der Waals surface area contributed by atoms with Crippen molar-refractivity contribution in [2.75, 3.05) is 18.5 Å². The topological polar surface area (TPSA) is 131 Å². The van der Waals surface area contributed by atoms with E-state index in [-0.39, 0.29) is 12.5 Å². The molecule has 0 fully saturated rings. The molecule has 3 N–H and O–H groups in total. The summed E-state index contributed by atoms with van der Waals surface area (Å²) in [4.78, 5) is 28.7. The van der Waals surface area contributed by atoms with E-state index in [1.165, 1.54) is 6.20 Å². The van der Waals surface area contributed by atoms with Crippen molar-refractivity contribution in [2.45, 2.75) is 20.4 Å². The zero-order chi connectivity index (χ0) is 21.1. The molecule has 0 saturated carbocycles. The summed E-state index contributed by atoms with van der Waals surface area (Å²) in [6.07, 6.45) is 4.80. The van der Waals surface area contributed by atoms with E-state index in [0.717, 1.165) is 16.6 Å². The minimum Gasteiger partial charge on any atom is -0.464 e. The second kappa shape index (κ2) is 8.29. The molecule has 4 aromatic rings. The summed E-state index contributed by atoms with van der Waals surface area (Å²) in [5, 5.41) is 16.9. The predicted octanol–water partition coefficient (Wildman–Crippen LogP) is 2.17. The molecule has 0 radical (unpaired) electrons. The molecule has 4 rings (SSSR count). The van der Waals surface area contributed by atoms with Gasteiger partial charge in [-0.15, -0.1) is 0 Å². The van der Waals surface area contributed by atoms with Crippen molar-refractivity contribution in [1.29, 1.82) is 0 Å². The second-order valence-corrected chi connectivity index (χ2v) is 6.54. The van der Waals surface area contributed by atoms with Gasteiger partial charge < -0.3 is 20.1 Å². The summed E-state index contributed by atoms with van der Waals surface area (Å²) in [7, 11) is 0. The zero-order valence-electron chi connectivity index (χ0n) is 16.6. The van der Waals surface area contributed by atoms with Crippen molar-refractivity contribution in [3.8, 4) is 17.4 Å². The van der Waals surface area contributed by atoms with E-state index in [9.17, 15) is 4.79 Å². The van der Waals surface area contributed by atoms with Crippen LogP contribution >= 0.6 is 0 Å². The average molecular weight is 407 g/mol. The fourth-order valence-electron chi connectivity index (χ4n) is 3.09. The Morgan fingerprint density at radius 2 is 2.17 bits per heavy atom. The van der Waals surface area contributed by atoms with Gasteiger partial charge in [-0.25, -0.2) is 9.97 Å². The van der Waals surface area contributed by atoms with Crippen molar-refractivity contribution in [3.63, 3.8) is 0 Å². The van der Waals surface area contributed by atoms with Crippen LogP contribution in [0.1, 0.15) is 23.0 Å². The second-order valence-electron chi connectivity index (χ2n) is 6.54. The molecule has 1 amide bonds. The Labute approximate surface area is 172 Å². The minimum atomic E-state index is -0.313. The Bertz CT molecular complexity index is 1200. The van der Waals surface area contributed by atoms with Gasteiger partial charge in [0.25, 0.3) is 5.91 Å². The Morgan fingerprint density at radius 3 is 2.97 bits per heavy atom. The highest BCUT2D eigenvalue weighted by atomic mass is 16.5. The number of ether oxygens (including phenoxy) is 1. The number of hydrogen-bond acceptors (Lipinski definition) is 7. The molecular weight excluding hydrogens is 386 g/mol. The van der Waals surface area contributed by atoms with Crippen molar-refractivity contribution in [3.05, 3.63) is 48.0 Å². The first-order chi connectivity index (χ1) is 14.6.